The van der Waals surface area contributed by atoms with Gasteiger partial charge in [-0.2, -0.15) is 0 Å². The lowest BCUT2D eigenvalue weighted by Gasteiger charge is -2.18. The molecule has 2 fully saturated rings. The van der Waals surface area contributed by atoms with Crippen LogP contribution in [0.5, 0.6) is 5.88 Å². The second-order valence-corrected chi connectivity index (χ2v) is 9.70. The van der Waals surface area contributed by atoms with Crippen LogP contribution in [0.3, 0.4) is 0 Å². The van der Waals surface area contributed by atoms with Crippen molar-refractivity contribution in [3.8, 4) is 5.88 Å². The highest BCUT2D eigenvalue weighted by Gasteiger charge is 2.38. The zero-order chi connectivity index (χ0) is 26.1. The summed E-state index contributed by atoms with van der Waals surface area (Å²) in [5, 5.41) is 0.286. The van der Waals surface area contributed by atoms with Gasteiger partial charge in [0.05, 0.1) is 31.1 Å². The van der Waals surface area contributed by atoms with Crippen LogP contribution < -0.4 is 9.64 Å². The van der Waals surface area contributed by atoms with Gasteiger partial charge in [0, 0.05) is 18.5 Å². The minimum atomic E-state index is -0.371. The van der Waals surface area contributed by atoms with Crippen LogP contribution in [0.15, 0.2) is 61.2 Å². The average molecular weight is 533 g/mol. The van der Waals surface area contributed by atoms with Gasteiger partial charge in [0.1, 0.15) is 24.6 Å². The van der Waals surface area contributed by atoms with Gasteiger partial charge in [-0.1, -0.05) is 41.9 Å². The molecule has 38 heavy (non-hydrogen) atoms. The molecule has 3 amide bonds. The van der Waals surface area contributed by atoms with Gasteiger partial charge in [-0.15, -0.1) is 0 Å². The van der Waals surface area contributed by atoms with Crippen molar-refractivity contribution in [3.05, 3.63) is 83.2 Å². The molecule has 1 aromatic carbocycles. The number of hydrogen-bond acceptors (Lipinski definition) is 7. The number of carbonyl (C=O) groups excluding carboxylic acids is 2. The molecule has 0 bridgehead atoms. The van der Waals surface area contributed by atoms with Crippen LogP contribution in [-0.4, -0.2) is 55.9 Å². The lowest BCUT2D eigenvalue weighted by atomic mass is 10.1. The van der Waals surface area contributed by atoms with E-state index in [0.29, 0.717) is 35.4 Å². The second-order valence-electron chi connectivity index (χ2n) is 9.32. The van der Waals surface area contributed by atoms with Crippen molar-refractivity contribution < 1.29 is 19.1 Å². The number of halogens is 1. The number of urea groups is 1. The molecule has 0 atom stereocenters. The first-order chi connectivity index (χ1) is 18.5. The molecule has 1 saturated carbocycles. The third kappa shape index (κ3) is 5.18. The summed E-state index contributed by atoms with van der Waals surface area (Å²) >= 11 is 5.91. The lowest BCUT2D eigenvalue weighted by molar-refractivity contribution is -0.125. The van der Waals surface area contributed by atoms with E-state index >= 15 is 0 Å². The summed E-state index contributed by atoms with van der Waals surface area (Å²) in [5.41, 5.74) is 3.99. The van der Waals surface area contributed by atoms with Crippen molar-refractivity contribution in [1.82, 2.24) is 24.3 Å². The Hall–Kier alpha value is -4.02. The first-order valence-corrected chi connectivity index (χ1v) is 12.8. The number of fused-ring (bicyclic) bond motifs is 1. The number of nitrogens with zero attached hydrogens (tertiary/aromatic N) is 6. The topological polar surface area (TPSA) is 102 Å². The van der Waals surface area contributed by atoms with Gasteiger partial charge in [-0.05, 0) is 36.0 Å². The first-order valence-electron chi connectivity index (χ1n) is 12.4. The molecule has 2 aliphatic rings. The number of imide groups is 1. The molecule has 1 saturated heterocycles. The standard InChI is InChI=1S/C27H25ClN6O4/c28-23-11-24(30-17-29-23)38-16-21-13-32-12-20(19-6-7-19)10-22(26(32)31-21)34-14-25(35)33(27(34)36)8-9-37-15-18-4-2-1-3-5-18/h1-5,10-13,17,19H,6-9,14-16H2. The predicted octanol–water partition coefficient (Wildman–Crippen LogP) is 4.22. The Bertz CT molecular complexity index is 1490. The zero-order valence-electron chi connectivity index (χ0n) is 20.5. The Morgan fingerprint density at radius 1 is 1.03 bits per heavy atom. The third-order valence-corrected chi connectivity index (χ3v) is 6.75. The summed E-state index contributed by atoms with van der Waals surface area (Å²) < 4.78 is 13.3. The van der Waals surface area contributed by atoms with Crippen molar-refractivity contribution in [3.63, 3.8) is 0 Å². The molecule has 10 nitrogen and oxygen atoms in total. The highest BCUT2D eigenvalue weighted by molar-refractivity contribution is 6.29. The number of ether oxygens (including phenoxy) is 2. The Morgan fingerprint density at radius 2 is 1.87 bits per heavy atom. The van der Waals surface area contributed by atoms with Crippen molar-refractivity contribution in [1.29, 1.82) is 0 Å². The molecular formula is C27H25ClN6O4. The van der Waals surface area contributed by atoms with Gasteiger partial charge in [0.2, 0.25) is 5.88 Å². The summed E-state index contributed by atoms with van der Waals surface area (Å²) in [7, 11) is 0. The van der Waals surface area contributed by atoms with E-state index in [0.717, 1.165) is 24.0 Å². The minimum absolute atomic E-state index is 0.0422. The van der Waals surface area contributed by atoms with Crippen molar-refractivity contribution in [2.45, 2.75) is 32.0 Å². The van der Waals surface area contributed by atoms with E-state index in [1.807, 2.05) is 53.2 Å². The number of pyridine rings is 1. The smallest absolute Gasteiger partial charge is 0.331 e. The molecule has 4 aromatic rings. The fourth-order valence-corrected chi connectivity index (χ4v) is 4.61. The van der Waals surface area contributed by atoms with Gasteiger partial charge >= 0.3 is 6.03 Å². The fourth-order valence-electron chi connectivity index (χ4n) is 4.47. The number of carbonyl (C=O) groups is 2. The molecule has 6 rings (SSSR count). The number of benzene rings is 1. The van der Waals surface area contributed by atoms with E-state index in [1.165, 1.54) is 22.2 Å². The molecule has 0 unspecified atom stereocenters. The van der Waals surface area contributed by atoms with E-state index in [9.17, 15) is 9.59 Å². The number of hydrogen-bond donors (Lipinski definition) is 0. The molecule has 4 heterocycles. The van der Waals surface area contributed by atoms with E-state index in [-0.39, 0.29) is 43.4 Å². The summed E-state index contributed by atoms with van der Waals surface area (Å²) in [6, 6.07) is 12.9. The Kier molecular flexibility index (Phi) is 6.65. The third-order valence-electron chi connectivity index (χ3n) is 6.55. The zero-order valence-corrected chi connectivity index (χ0v) is 21.3. The van der Waals surface area contributed by atoms with Crippen LogP contribution >= 0.6 is 11.6 Å². The van der Waals surface area contributed by atoms with Crippen molar-refractivity contribution in [2.75, 3.05) is 24.6 Å². The molecule has 0 N–H and O–H groups in total. The molecular weight excluding hydrogens is 508 g/mol. The Labute approximate surface area is 223 Å². The summed E-state index contributed by atoms with van der Waals surface area (Å²) in [6.45, 7) is 0.986. The van der Waals surface area contributed by atoms with Gasteiger partial charge in [0.15, 0.2) is 5.65 Å². The maximum Gasteiger partial charge on any atom is 0.331 e. The SMILES string of the molecule is O=C1CN(c2cc(C3CC3)cn3cc(COc4cc(Cl)ncn4)nc23)C(=O)N1CCOCc1ccccc1. The van der Waals surface area contributed by atoms with Gasteiger partial charge < -0.3 is 13.9 Å². The normalized spacial score (nSPS) is 15.6. The van der Waals surface area contributed by atoms with Crippen LogP contribution in [-0.2, 0) is 22.7 Å². The number of anilines is 1. The highest BCUT2D eigenvalue weighted by atomic mass is 35.5. The lowest BCUT2D eigenvalue weighted by Crippen LogP contribution is -2.35. The predicted molar refractivity (Wildman–Crippen MR) is 139 cm³/mol. The molecule has 194 valence electrons. The Balaban J connectivity index is 1.19. The van der Waals surface area contributed by atoms with Crippen molar-refractivity contribution >= 4 is 34.9 Å². The molecule has 1 aliphatic heterocycles. The number of imidazole rings is 1. The van der Waals surface area contributed by atoms with Gasteiger partial charge in [0.25, 0.3) is 5.91 Å². The average Bonchev–Trinajstić information content (AvgIpc) is 3.63. The molecule has 0 radical (unpaired) electrons. The molecule has 1 aliphatic carbocycles. The first kappa shape index (κ1) is 24.3. The number of rotatable bonds is 10. The van der Waals surface area contributed by atoms with E-state index < -0.39 is 0 Å². The van der Waals surface area contributed by atoms with Gasteiger partial charge in [-0.25, -0.2) is 19.7 Å². The van der Waals surface area contributed by atoms with Crippen LogP contribution in [0.2, 0.25) is 5.15 Å². The highest BCUT2D eigenvalue weighted by Crippen LogP contribution is 2.42. The number of aromatic nitrogens is 4. The summed E-state index contributed by atoms with van der Waals surface area (Å²) in [4.78, 5) is 41.6. The van der Waals surface area contributed by atoms with E-state index in [4.69, 9.17) is 26.1 Å². The van der Waals surface area contributed by atoms with Crippen molar-refractivity contribution in [2.24, 2.45) is 0 Å². The Morgan fingerprint density at radius 3 is 2.66 bits per heavy atom. The largest absolute Gasteiger partial charge is 0.471 e. The maximum atomic E-state index is 13.4. The molecule has 0 spiro atoms. The quantitative estimate of drug-likeness (QED) is 0.171. The molecule has 11 heteroatoms. The van der Waals surface area contributed by atoms with E-state index in [1.54, 1.807) is 0 Å². The number of amides is 3. The minimum Gasteiger partial charge on any atom is -0.471 e. The van der Waals surface area contributed by atoms with Crippen LogP contribution in [0.25, 0.3) is 5.65 Å². The van der Waals surface area contributed by atoms with Gasteiger partial charge in [-0.3, -0.25) is 14.6 Å². The maximum absolute atomic E-state index is 13.4. The van der Waals surface area contributed by atoms with Crippen LogP contribution in [0.1, 0.15) is 35.6 Å². The van der Waals surface area contributed by atoms with Crippen LogP contribution in [0, 0.1) is 0 Å². The van der Waals surface area contributed by atoms with E-state index in [2.05, 4.69) is 9.97 Å². The second kappa shape index (κ2) is 10.4. The fraction of sp³-hybridized carbons (Fsp3) is 0.296. The van der Waals surface area contributed by atoms with Crippen LogP contribution in [0.4, 0.5) is 10.5 Å². The monoisotopic (exact) mass is 532 g/mol. The summed E-state index contributed by atoms with van der Waals surface area (Å²) in [5.74, 6) is 0.523. The molecule has 3 aromatic heterocycles. The summed E-state index contributed by atoms with van der Waals surface area (Å²) in [6.07, 6.45) is 7.43.